The minimum Gasteiger partial charge on any atom is -0.389 e. The summed E-state index contributed by atoms with van der Waals surface area (Å²) in [7, 11) is 0. The zero-order chi connectivity index (χ0) is 18.1. The van der Waals surface area contributed by atoms with Gasteiger partial charge in [-0.3, -0.25) is 19.6 Å². The van der Waals surface area contributed by atoms with E-state index < -0.39 is 23.5 Å². The van der Waals surface area contributed by atoms with Crippen LogP contribution in [0.15, 0.2) is 24.5 Å². The fourth-order valence-corrected chi connectivity index (χ4v) is 4.54. The zero-order valence-corrected chi connectivity index (χ0v) is 14.4. The van der Waals surface area contributed by atoms with Crippen LogP contribution in [0.1, 0.15) is 11.4 Å². The second-order valence-corrected chi connectivity index (χ2v) is 7.64. The van der Waals surface area contributed by atoms with Crippen molar-refractivity contribution in [1.82, 2.24) is 19.8 Å². The summed E-state index contributed by atoms with van der Waals surface area (Å²) in [5.41, 5.74) is 0.820. The topological polar surface area (TPSA) is 95.9 Å². The van der Waals surface area contributed by atoms with E-state index in [2.05, 4.69) is 9.97 Å². The van der Waals surface area contributed by atoms with E-state index in [9.17, 15) is 14.7 Å². The molecule has 4 aliphatic heterocycles. The molecule has 0 aromatic carbocycles. The molecule has 3 fully saturated rings. The van der Waals surface area contributed by atoms with Crippen molar-refractivity contribution in [1.29, 1.82) is 0 Å². The Bertz CT molecular complexity index is 804. The third-order valence-electron chi connectivity index (χ3n) is 5.83. The Balaban J connectivity index is 1.38. The lowest BCUT2D eigenvalue weighted by Gasteiger charge is -2.39. The highest BCUT2D eigenvalue weighted by atomic mass is 16.5. The maximum atomic E-state index is 13.1. The molecule has 4 atom stereocenters. The van der Waals surface area contributed by atoms with Gasteiger partial charge in [0.1, 0.15) is 5.60 Å². The number of aliphatic hydroxyl groups excluding tert-OH is 1. The molecule has 8 nitrogen and oxygen atoms in total. The lowest BCUT2D eigenvalue weighted by molar-refractivity contribution is -0.151. The van der Waals surface area contributed by atoms with Crippen molar-refractivity contribution in [3.8, 4) is 0 Å². The Labute approximate surface area is 150 Å². The van der Waals surface area contributed by atoms with E-state index in [1.54, 1.807) is 22.2 Å². The van der Waals surface area contributed by atoms with Gasteiger partial charge in [0.05, 0.1) is 54.7 Å². The van der Waals surface area contributed by atoms with E-state index in [0.29, 0.717) is 31.9 Å². The van der Waals surface area contributed by atoms with Crippen molar-refractivity contribution in [2.45, 2.75) is 31.3 Å². The molecular weight excluding hydrogens is 336 g/mol. The fraction of sp³-hybridized carbons (Fsp3) is 0.556. The van der Waals surface area contributed by atoms with Crippen LogP contribution < -0.4 is 0 Å². The second kappa shape index (κ2) is 5.34. The summed E-state index contributed by atoms with van der Waals surface area (Å²) in [6.07, 6.45) is 6.38. The molecule has 2 amide bonds. The number of hydrogen-bond donors (Lipinski definition) is 1. The molecule has 1 spiro atoms. The Hall–Kier alpha value is -2.32. The molecule has 8 heteroatoms. The molecule has 136 valence electrons. The number of β-amino-alcohol motifs (C(OH)–C–C–N with tert-alkyl or cyclic N) is 1. The first-order valence-corrected chi connectivity index (χ1v) is 8.87. The van der Waals surface area contributed by atoms with Gasteiger partial charge < -0.3 is 19.6 Å². The van der Waals surface area contributed by atoms with Crippen LogP contribution in [-0.2, 0) is 20.9 Å². The van der Waals surface area contributed by atoms with E-state index in [1.807, 2.05) is 19.1 Å². The van der Waals surface area contributed by atoms with Gasteiger partial charge in [0.25, 0.3) is 0 Å². The minimum atomic E-state index is -0.719. The first-order chi connectivity index (χ1) is 12.5. The molecule has 2 bridgehead atoms. The van der Waals surface area contributed by atoms with Crippen molar-refractivity contribution in [2.75, 3.05) is 19.6 Å². The Kier molecular flexibility index (Phi) is 3.27. The number of amides is 2. The van der Waals surface area contributed by atoms with Crippen LogP contribution in [0.2, 0.25) is 0 Å². The number of aromatic nitrogens is 2. The van der Waals surface area contributed by atoms with Gasteiger partial charge in [-0.2, -0.15) is 0 Å². The van der Waals surface area contributed by atoms with Gasteiger partial charge in [0.15, 0.2) is 0 Å². The predicted molar refractivity (Wildman–Crippen MR) is 88.5 cm³/mol. The van der Waals surface area contributed by atoms with Crippen LogP contribution in [0.3, 0.4) is 0 Å². The summed E-state index contributed by atoms with van der Waals surface area (Å²) in [4.78, 5) is 37.8. The third-order valence-corrected chi connectivity index (χ3v) is 5.83. The lowest BCUT2D eigenvalue weighted by atomic mass is 9.76. The molecule has 1 aromatic rings. The molecule has 0 aliphatic carbocycles. The molecule has 0 saturated carbocycles. The number of aryl methyl sites for hydroxylation is 1. The quantitative estimate of drug-likeness (QED) is 0.718. The number of likely N-dealkylation sites (tertiary alicyclic amines) is 2. The third kappa shape index (κ3) is 2.15. The number of carbonyl (C=O) groups excluding carboxylic acids is 2. The highest BCUT2D eigenvalue weighted by Gasteiger charge is 2.67. The molecule has 4 aliphatic rings. The van der Waals surface area contributed by atoms with Crippen molar-refractivity contribution in [3.63, 3.8) is 0 Å². The first-order valence-electron chi connectivity index (χ1n) is 8.87. The van der Waals surface area contributed by atoms with Gasteiger partial charge in [-0.15, -0.1) is 0 Å². The van der Waals surface area contributed by atoms with E-state index >= 15 is 0 Å². The Morgan fingerprint density at radius 2 is 2.19 bits per heavy atom. The average molecular weight is 356 g/mol. The predicted octanol–water partition coefficient (Wildman–Crippen LogP) is -0.730. The number of aliphatic hydroxyl groups is 1. The maximum Gasteiger partial charge on any atom is 0.230 e. The van der Waals surface area contributed by atoms with Crippen molar-refractivity contribution < 1.29 is 19.4 Å². The van der Waals surface area contributed by atoms with E-state index in [0.717, 1.165) is 5.69 Å². The molecule has 0 unspecified atom stereocenters. The number of fused-ring (bicyclic) bond motifs is 1. The number of ether oxygens (including phenoxy) is 1. The van der Waals surface area contributed by atoms with E-state index in [1.165, 1.54) is 0 Å². The van der Waals surface area contributed by atoms with Gasteiger partial charge >= 0.3 is 0 Å². The van der Waals surface area contributed by atoms with Crippen molar-refractivity contribution in [2.24, 2.45) is 11.8 Å². The summed E-state index contributed by atoms with van der Waals surface area (Å²) in [6.45, 7) is 3.31. The van der Waals surface area contributed by atoms with E-state index in [4.69, 9.17) is 4.74 Å². The lowest BCUT2D eigenvalue weighted by Crippen LogP contribution is -2.57. The van der Waals surface area contributed by atoms with Crippen LogP contribution in [0.5, 0.6) is 0 Å². The fourth-order valence-electron chi connectivity index (χ4n) is 4.54. The molecule has 5 rings (SSSR count). The van der Waals surface area contributed by atoms with Crippen LogP contribution >= 0.6 is 0 Å². The molecule has 26 heavy (non-hydrogen) atoms. The van der Waals surface area contributed by atoms with E-state index in [-0.39, 0.29) is 17.9 Å². The minimum absolute atomic E-state index is 0.0707. The first kappa shape index (κ1) is 15.9. The summed E-state index contributed by atoms with van der Waals surface area (Å²) < 4.78 is 6.10. The summed E-state index contributed by atoms with van der Waals surface area (Å²) >= 11 is 0. The number of nitrogens with zero attached hydrogens (tertiary/aromatic N) is 4. The van der Waals surface area contributed by atoms with Gasteiger partial charge in [0, 0.05) is 19.3 Å². The van der Waals surface area contributed by atoms with Gasteiger partial charge in [-0.1, -0.05) is 12.2 Å². The molecule has 0 radical (unpaired) electrons. The standard InChI is InChI=1S/C18H20N4O4/c1-10-4-20-11(5-19-10)6-22-9-18-3-2-13(26-18)14(15(18)17(22)25)16(24)21-7-12(23)8-21/h2-5,12-15,23H,6-9H2,1H3/t13-,14+,15+,18-/m0/s1. The van der Waals surface area contributed by atoms with Crippen molar-refractivity contribution >= 4 is 11.8 Å². The molecule has 1 N–H and O–H groups in total. The largest absolute Gasteiger partial charge is 0.389 e. The average Bonchev–Trinajstić information content (AvgIpc) is 3.22. The highest BCUT2D eigenvalue weighted by molar-refractivity contribution is 5.93. The van der Waals surface area contributed by atoms with Gasteiger partial charge in [-0.05, 0) is 6.92 Å². The Morgan fingerprint density at radius 3 is 2.88 bits per heavy atom. The summed E-state index contributed by atoms with van der Waals surface area (Å²) in [5, 5.41) is 9.48. The number of hydrogen-bond acceptors (Lipinski definition) is 6. The summed E-state index contributed by atoms with van der Waals surface area (Å²) in [5.74, 6) is -1.17. The monoisotopic (exact) mass is 356 g/mol. The van der Waals surface area contributed by atoms with Crippen LogP contribution in [0.25, 0.3) is 0 Å². The van der Waals surface area contributed by atoms with Gasteiger partial charge in [-0.25, -0.2) is 0 Å². The molecule has 1 aromatic heterocycles. The molecular formula is C18H20N4O4. The number of carbonyl (C=O) groups is 2. The SMILES string of the molecule is Cc1cnc(CN2C[C@]34C=C[C@H](O3)[C@@H](C(=O)N3CC(O)C3)[C@@H]4C2=O)cn1. The number of rotatable bonds is 3. The van der Waals surface area contributed by atoms with Crippen molar-refractivity contribution in [3.05, 3.63) is 35.9 Å². The normalized spacial score (nSPS) is 35.2. The smallest absolute Gasteiger partial charge is 0.230 e. The Morgan fingerprint density at radius 1 is 1.38 bits per heavy atom. The zero-order valence-electron chi connectivity index (χ0n) is 14.4. The van der Waals surface area contributed by atoms with Gasteiger partial charge in [0.2, 0.25) is 11.8 Å². The molecule has 3 saturated heterocycles. The van der Waals surface area contributed by atoms with Crippen LogP contribution in [-0.4, -0.2) is 74.1 Å². The van der Waals surface area contributed by atoms with Crippen LogP contribution in [0, 0.1) is 18.8 Å². The summed E-state index contributed by atoms with van der Waals surface area (Å²) in [6, 6.07) is 0. The molecule has 5 heterocycles. The second-order valence-electron chi connectivity index (χ2n) is 7.64. The maximum absolute atomic E-state index is 13.1. The highest BCUT2D eigenvalue weighted by Crippen LogP contribution is 2.52. The van der Waals surface area contributed by atoms with Crippen LogP contribution in [0.4, 0.5) is 0 Å².